The Hall–Kier alpha value is -4.44. The molecule has 1 heterocycles. The first kappa shape index (κ1) is 23.7. The third kappa shape index (κ3) is 5.22. The predicted molar refractivity (Wildman–Crippen MR) is 129 cm³/mol. The van der Waals surface area contributed by atoms with E-state index in [0.29, 0.717) is 11.1 Å². The van der Waals surface area contributed by atoms with Crippen LogP contribution in [0.3, 0.4) is 0 Å². The molecule has 9 nitrogen and oxygen atoms in total. The summed E-state index contributed by atoms with van der Waals surface area (Å²) in [5.74, 6) is -0.644. The van der Waals surface area contributed by atoms with Gasteiger partial charge in [0.05, 0.1) is 29.0 Å². The number of nitro benzene ring substituents is 1. The van der Waals surface area contributed by atoms with E-state index in [0.717, 1.165) is 16.7 Å². The van der Waals surface area contributed by atoms with Crippen molar-refractivity contribution >= 4 is 40.6 Å². The molecule has 0 N–H and O–H groups in total. The zero-order valence-electron chi connectivity index (χ0n) is 18.4. The quantitative estimate of drug-likeness (QED) is 0.148. The summed E-state index contributed by atoms with van der Waals surface area (Å²) in [6.07, 6.45) is 1.51. The van der Waals surface area contributed by atoms with Crippen LogP contribution < -0.4 is 9.47 Å². The second-order valence-electron chi connectivity index (χ2n) is 7.32. The fraction of sp³-hybridized carbons (Fsp3) is 0.0800. The zero-order valence-corrected chi connectivity index (χ0v) is 19.2. The summed E-state index contributed by atoms with van der Waals surface area (Å²) in [6.45, 7) is -0.211. The average molecular weight is 490 g/mol. The van der Waals surface area contributed by atoms with Crippen LogP contribution in [0.5, 0.6) is 11.5 Å². The lowest BCUT2D eigenvalue weighted by molar-refractivity contribution is -0.385. The molecule has 4 rings (SSSR count). The van der Waals surface area contributed by atoms with Gasteiger partial charge in [-0.05, 0) is 47.7 Å². The van der Waals surface area contributed by atoms with Crippen molar-refractivity contribution < 1.29 is 28.8 Å². The summed E-state index contributed by atoms with van der Waals surface area (Å²) < 4.78 is 10.8. The number of hydrogen-bond acceptors (Lipinski definition) is 8. The van der Waals surface area contributed by atoms with Crippen LogP contribution in [0.4, 0.5) is 10.5 Å². The average Bonchev–Trinajstić information content (AvgIpc) is 3.12. The van der Waals surface area contributed by atoms with Gasteiger partial charge in [0.25, 0.3) is 16.8 Å². The minimum atomic E-state index is -0.559. The first-order valence-electron chi connectivity index (χ1n) is 10.3. The Morgan fingerprint density at radius 1 is 1.03 bits per heavy atom. The fourth-order valence-corrected chi connectivity index (χ4v) is 4.21. The number of imide groups is 1. The third-order valence-electron chi connectivity index (χ3n) is 5.09. The molecule has 3 aromatic carbocycles. The first-order valence-corrected chi connectivity index (χ1v) is 11.1. The number of thioether (sulfide) groups is 1. The number of hydrogen-bond donors (Lipinski definition) is 0. The number of carbonyl (C=O) groups excluding carboxylic acids is 3. The summed E-state index contributed by atoms with van der Waals surface area (Å²) in [6, 6.07) is 19.2. The molecule has 1 saturated heterocycles. The van der Waals surface area contributed by atoms with Crippen LogP contribution in [-0.4, -0.2) is 34.0 Å². The van der Waals surface area contributed by atoms with Gasteiger partial charge in [-0.1, -0.05) is 42.5 Å². The Labute approximate surface area is 204 Å². The van der Waals surface area contributed by atoms with Crippen molar-refractivity contribution in [3.63, 3.8) is 0 Å². The van der Waals surface area contributed by atoms with E-state index in [1.807, 2.05) is 0 Å². The molecule has 1 aliphatic heterocycles. The van der Waals surface area contributed by atoms with Crippen LogP contribution in [0.2, 0.25) is 0 Å². The number of esters is 1. The highest BCUT2D eigenvalue weighted by Crippen LogP contribution is 2.36. The lowest BCUT2D eigenvalue weighted by Gasteiger charge is -2.12. The number of nitrogens with zero attached hydrogens (tertiary/aromatic N) is 2. The minimum absolute atomic E-state index is 0.157. The number of ether oxygens (including phenoxy) is 2. The summed E-state index contributed by atoms with van der Waals surface area (Å²) >= 11 is 0.738. The molecule has 35 heavy (non-hydrogen) atoms. The Balaban J connectivity index is 1.53. The Bertz CT molecular complexity index is 1350. The van der Waals surface area contributed by atoms with Crippen LogP contribution in [0.1, 0.15) is 21.5 Å². The second kappa shape index (κ2) is 10.2. The summed E-state index contributed by atoms with van der Waals surface area (Å²) in [5, 5.41) is 10.7. The molecule has 2 amide bonds. The SMILES string of the molecule is COc1cc(/C=C2\SC(=O)N(Cc3ccccc3[N+](=O)[O-])C2=O)ccc1OC(=O)c1ccccc1. The Morgan fingerprint density at radius 2 is 1.74 bits per heavy atom. The van der Waals surface area contributed by atoms with Crippen molar-refractivity contribution in [3.05, 3.63) is 105 Å². The van der Waals surface area contributed by atoms with Gasteiger partial charge in [0, 0.05) is 11.6 Å². The van der Waals surface area contributed by atoms with E-state index >= 15 is 0 Å². The topological polar surface area (TPSA) is 116 Å². The van der Waals surface area contributed by atoms with Gasteiger partial charge in [0.1, 0.15) is 0 Å². The monoisotopic (exact) mass is 490 g/mol. The lowest BCUT2D eigenvalue weighted by Crippen LogP contribution is -2.27. The molecule has 0 aromatic heterocycles. The maximum atomic E-state index is 12.9. The molecular formula is C25H18N2O7S. The van der Waals surface area contributed by atoms with Gasteiger partial charge in [0.2, 0.25) is 0 Å². The Morgan fingerprint density at radius 3 is 2.46 bits per heavy atom. The highest BCUT2D eigenvalue weighted by atomic mass is 32.2. The Kier molecular flexibility index (Phi) is 6.93. The molecule has 0 spiro atoms. The predicted octanol–water partition coefficient (Wildman–Crippen LogP) is 5.06. The van der Waals surface area contributed by atoms with Crippen LogP contribution in [0.15, 0.2) is 77.7 Å². The highest BCUT2D eigenvalue weighted by molar-refractivity contribution is 8.18. The minimum Gasteiger partial charge on any atom is -0.493 e. The zero-order chi connectivity index (χ0) is 24.9. The van der Waals surface area contributed by atoms with E-state index in [2.05, 4.69) is 0 Å². The molecule has 3 aromatic rings. The maximum absolute atomic E-state index is 12.9. The number of methoxy groups -OCH3 is 1. The summed E-state index contributed by atoms with van der Waals surface area (Å²) in [5.41, 5.74) is 1.01. The number of carbonyl (C=O) groups is 3. The number of para-hydroxylation sites is 1. The number of nitro groups is 1. The molecule has 0 aliphatic carbocycles. The van der Waals surface area contributed by atoms with Gasteiger partial charge >= 0.3 is 5.97 Å². The number of amides is 2. The normalized spacial score (nSPS) is 14.3. The van der Waals surface area contributed by atoms with Crippen LogP contribution >= 0.6 is 11.8 Å². The molecule has 176 valence electrons. The molecule has 1 fully saturated rings. The molecule has 0 saturated carbocycles. The van der Waals surface area contributed by atoms with Crippen LogP contribution in [0.25, 0.3) is 6.08 Å². The summed E-state index contributed by atoms with van der Waals surface area (Å²) in [7, 11) is 1.42. The van der Waals surface area contributed by atoms with Crippen molar-refractivity contribution in [2.75, 3.05) is 7.11 Å². The van der Waals surface area contributed by atoms with Gasteiger partial charge in [-0.15, -0.1) is 0 Å². The molecule has 1 aliphatic rings. The van der Waals surface area contributed by atoms with E-state index in [1.54, 1.807) is 48.5 Å². The van der Waals surface area contributed by atoms with Crippen LogP contribution in [-0.2, 0) is 11.3 Å². The largest absolute Gasteiger partial charge is 0.493 e. The van der Waals surface area contributed by atoms with Crippen molar-refractivity contribution in [1.82, 2.24) is 4.90 Å². The van der Waals surface area contributed by atoms with Gasteiger partial charge in [-0.2, -0.15) is 0 Å². The molecule has 10 heteroatoms. The van der Waals surface area contributed by atoms with Crippen molar-refractivity contribution in [2.45, 2.75) is 6.54 Å². The number of rotatable bonds is 7. The van der Waals surface area contributed by atoms with Gasteiger partial charge in [-0.25, -0.2) is 4.79 Å². The summed E-state index contributed by atoms with van der Waals surface area (Å²) in [4.78, 5) is 49.5. The second-order valence-corrected chi connectivity index (χ2v) is 8.31. The molecule has 0 unspecified atom stereocenters. The molecule has 0 atom stereocenters. The third-order valence-corrected chi connectivity index (χ3v) is 6.00. The highest BCUT2D eigenvalue weighted by Gasteiger charge is 2.36. The maximum Gasteiger partial charge on any atom is 0.343 e. The lowest BCUT2D eigenvalue weighted by atomic mass is 10.1. The standard InChI is InChI=1S/C25H18N2O7S/c1-33-21-13-16(11-12-20(21)34-24(29)17-7-3-2-4-8-17)14-22-23(28)26(25(30)35-22)15-18-9-5-6-10-19(18)27(31)32/h2-14H,15H2,1H3/b22-14-. The van der Waals surface area contributed by atoms with Crippen LogP contribution in [0, 0.1) is 10.1 Å². The fourth-order valence-electron chi connectivity index (χ4n) is 3.37. The van der Waals surface area contributed by atoms with E-state index in [4.69, 9.17) is 9.47 Å². The molecule has 0 radical (unpaired) electrons. The first-order chi connectivity index (χ1) is 16.9. The van der Waals surface area contributed by atoms with Crippen molar-refractivity contribution in [2.24, 2.45) is 0 Å². The molecule has 0 bridgehead atoms. The van der Waals surface area contributed by atoms with Crippen molar-refractivity contribution in [1.29, 1.82) is 0 Å². The van der Waals surface area contributed by atoms with Gasteiger partial charge in [0.15, 0.2) is 11.5 Å². The van der Waals surface area contributed by atoms with E-state index in [1.165, 1.54) is 37.5 Å². The number of benzene rings is 3. The molecular weight excluding hydrogens is 472 g/mol. The van der Waals surface area contributed by atoms with Gasteiger partial charge < -0.3 is 9.47 Å². The van der Waals surface area contributed by atoms with Gasteiger partial charge in [-0.3, -0.25) is 24.6 Å². The smallest absolute Gasteiger partial charge is 0.343 e. The van der Waals surface area contributed by atoms with E-state index in [-0.39, 0.29) is 34.2 Å². The van der Waals surface area contributed by atoms with Crippen molar-refractivity contribution in [3.8, 4) is 11.5 Å². The van der Waals surface area contributed by atoms with E-state index in [9.17, 15) is 24.5 Å². The van der Waals surface area contributed by atoms with E-state index < -0.39 is 22.0 Å².